The summed E-state index contributed by atoms with van der Waals surface area (Å²) in [5.74, 6) is -1.50. The minimum Gasteiger partial charge on any atom is -0.481 e. The molecule has 2 amide bonds. The lowest BCUT2D eigenvalue weighted by atomic mass is 10.1. The largest absolute Gasteiger partial charge is 0.481 e. The second kappa shape index (κ2) is 6.03. The van der Waals surface area contributed by atoms with Crippen LogP contribution in [0.2, 0.25) is 0 Å². The van der Waals surface area contributed by atoms with Crippen LogP contribution in [0, 0.1) is 5.92 Å². The van der Waals surface area contributed by atoms with E-state index in [4.69, 9.17) is 5.11 Å². The molecule has 1 aliphatic heterocycles. The van der Waals surface area contributed by atoms with Crippen molar-refractivity contribution in [1.82, 2.24) is 4.90 Å². The number of nitrogens with zero attached hydrogens (tertiary/aromatic N) is 2. The van der Waals surface area contributed by atoms with E-state index in [-0.39, 0.29) is 12.6 Å². The van der Waals surface area contributed by atoms with Crippen molar-refractivity contribution in [2.45, 2.75) is 13.3 Å². The number of carbonyl (C=O) groups excluding carboxylic acids is 1. The number of carboxylic acids is 1. The van der Waals surface area contributed by atoms with E-state index in [2.05, 4.69) is 10.2 Å². The van der Waals surface area contributed by atoms with Gasteiger partial charge in [0.05, 0.1) is 5.92 Å². The zero-order chi connectivity index (χ0) is 15.6. The predicted molar refractivity (Wildman–Crippen MR) is 81.9 cm³/mol. The first-order valence-corrected chi connectivity index (χ1v) is 6.97. The number of benzene rings is 1. The van der Waals surface area contributed by atoms with Gasteiger partial charge in [0.15, 0.2) is 0 Å². The van der Waals surface area contributed by atoms with Crippen LogP contribution < -0.4 is 10.2 Å². The highest BCUT2D eigenvalue weighted by molar-refractivity contribution is 5.90. The second-order valence-corrected chi connectivity index (χ2v) is 5.57. The predicted octanol–water partition coefficient (Wildman–Crippen LogP) is 1.86. The van der Waals surface area contributed by atoms with Gasteiger partial charge in [-0.25, -0.2) is 4.79 Å². The number of aliphatic carboxylic acids is 1. The summed E-state index contributed by atoms with van der Waals surface area (Å²) in [6.45, 7) is 2.74. The minimum absolute atomic E-state index is 0.173. The van der Waals surface area contributed by atoms with Crippen molar-refractivity contribution in [2.75, 3.05) is 37.4 Å². The SMILES string of the molecule is CC(CN(C)C(=O)Nc1ccc2c(c1)N(C)CC2)C(=O)O. The molecule has 1 unspecified atom stereocenters. The van der Waals surface area contributed by atoms with Crippen molar-refractivity contribution in [2.24, 2.45) is 5.92 Å². The van der Waals surface area contributed by atoms with Gasteiger partial charge < -0.3 is 20.2 Å². The third kappa shape index (κ3) is 3.45. The Kier molecular flexibility index (Phi) is 4.35. The summed E-state index contributed by atoms with van der Waals surface area (Å²) in [5.41, 5.74) is 3.14. The highest BCUT2D eigenvalue weighted by Gasteiger charge is 2.19. The van der Waals surface area contributed by atoms with Crippen molar-refractivity contribution < 1.29 is 14.7 Å². The Balaban J connectivity index is 2.00. The molecule has 0 radical (unpaired) electrons. The van der Waals surface area contributed by atoms with E-state index in [9.17, 15) is 9.59 Å². The van der Waals surface area contributed by atoms with Crippen LogP contribution in [-0.2, 0) is 11.2 Å². The molecular weight excluding hydrogens is 270 g/mol. The third-order valence-corrected chi connectivity index (χ3v) is 3.78. The number of hydrogen-bond acceptors (Lipinski definition) is 3. The Morgan fingerprint density at radius 1 is 1.48 bits per heavy atom. The monoisotopic (exact) mass is 291 g/mol. The van der Waals surface area contributed by atoms with Crippen LogP contribution in [0.3, 0.4) is 0 Å². The zero-order valence-electron chi connectivity index (χ0n) is 12.6. The molecule has 0 aromatic heterocycles. The summed E-state index contributed by atoms with van der Waals surface area (Å²) < 4.78 is 0. The lowest BCUT2D eigenvalue weighted by Gasteiger charge is -2.20. The van der Waals surface area contributed by atoms with Gasteiger partial charge in [-0.1, -0.05) is 13.0 Å². The Hall–Kier alpha value is -2.24. The fourth-order valence-corrected chi connectivity index (χ4v) is 2.41. The number of likely N-dealkylation sites (N-methyl/N-ethyl adjacent to an activating group) is 1. The Labute approximate surface area is 124 Å². The number of nitrogens with one attached hydrogen (secondary N) is 1. The zero-order valence-corrected chi connectivity index (χ0v) is 12.6. The van der Waals surface area contributed by atoms with Crippen molar-refractivity contribution in [3.63, 3.8) is 0 Å². The average molecular weight is 291 g/mol. The molecule has 1 aliphatic rings. The molecule has 0 aliphatic carbocycles. The van der Waals surface area contributed by atoms with Crippen LogP contribution in [0.1, 0.15) is 12.5 Å². The number of anilines is 2. The lowest BCUT2D eigenvalue weighted by Crippen LogP contribution is -2.36. The number of carbonyl (C=O) groups is 2. The molecular formula is C15H21N3O3. The van der Waals surface area contributed by atoms with Gasteiger partial charge in [-0.2, -0.15) is 0 Å². The van der Waals surface area contributed by atoms with E-state index in [1.54, 1.807) is 14.0 Å². The van der Waals surface area contributed by atoms with Crippen LogP contribution in [0.5, 0.6) is 0 Å². The van der Waals surface area contributed by atoms with Crippen LogP contribution in [0.4, 0.5) is 16.2 Å². The van der Waals surface area contributed by atoms with Gasteiger partial charge in [-0.15, -0.1) is 0 Å². The summed E-state index contributed by atoms with van der Waals surface area (Å²) in [7, 11) is 3.62. The molecule has 0 saturated carbocycles. The summed E-state index contributed by atoms with van der Waals surface area (Å²) in [6, 6.07) is 5.55. The summed E-state index contributed by atoms with van der Waals surface area (Å²) >= 11 is 0. The van der Waals surface area contributed by atoms with Gasteiger partial charge in [-0.05, 0) is 24.1 Å². The number of fused-ring (bicyclic) bond motifs is 1. The van der Waals surface area contributed by atoms with Crippen LogP contribution in [0.25, 0.3) is 0 Å². The van der Waals surface area contributed by atoms with E-state index in [1.807, 2.05) is 25.2 Å². The number of amides is 2. The third-order valence-electron chi connectivity index (χ3n) is 3.78. The molecule has 0 bridgehead atoms. The van der Waals surface area contributed by atoms with Crippen LogP contribution in [-0.4, -0.2) is 49.2 Å². The normalized spacial score (nSPS) is 14.5. The molecule has 0 fully saturated rings. The number of carboxylic acid groups (broad SMARTS) is 1. The Morgan fingerprint density at radius 2 is 2.19 bits per heavy atom. The van der Waals surface area contributed by atoms with Crippen LogP contribution in [0.15, 0.2) is 18.2 Å². The van der Waals surface area contributed by atoms with E-state index >= 15 is 0 Å². The standard InChI is InChI=1S/C15H21N3O3/c1-10(14(19)20)9-18(3)15(21)16-12-5-4-11-6-7-17(2)13(11)8-12/h4-5,8,10H,6-7,9H2,1-3H3,(H,16,21)(H,19,20). The maximum absolute atomic E-state index is 12.1. The topological polar surface area (TPSA) is 72.9 Å². The first kappa shape index (κ1) is 15.2. The lowest BCUT2D eigenvalue weighted by molar-refractivity contribution is -0.141. The molecule has 1 atom stereocenters. The highest BCUT2D eigenvalue weighted by atomic mass is 16.4. The quantitative estimate of drug-likeness (QED) is 0.888. The van der Waals surface area contributed by atoms with Gasteiger partial charge in [0.25, 0.3) is 0 Å². The van der Waals surface area contributed by atoms with E-state index < -0.39 is 11.9 Å². The molecule has 1 aromatic carbocycles. The summed E-state index contributed by atoms with van der Waals surface area (Å²) in [6.07, 6.45) is 1.02. The van der Waals surface area contributed by atoms with Gasteiger partial charge in [0.2, 0.25) is 0 Å². The second-order valence-electron chi connectivity index (χ2n) is 5.57. The smallest absolute Gasteiger partial charge is 0.321 e. The molecule has 1 aromatic rings. The first-order valence-electron chi connectivity index (χ1n) is 6.97. The summed E-state index contributed by atoms with van der Waals surface area (Å²) in [5, 5.41) is 11.7. The number of urea groups is 1. The van der Waals surface area contributed by atoms with Crippen molar-refractivity contribution in [1.29, 1.82) is 0 Å². The summed E-state index contributed by atoms with van der Waals surface area (Å²) in [4.78, 5) is 26.4. The highest BCUT2D eigenvalue weighted by Crippen LogP contribution is 2.29. The molecule has 6 nitrogen and oxygen atoms in total. The molecule has 0 spiro atoms. The maximum Gasteiger partial charge on any atom is 0.321 e. The van der Waals surface area contributed by atoms with Crippen molar-refractivity contribution in [3.05, 3.63) is 23.8 Å². The molecule has 0 saturated heterocycles. The fourth-order valence-electron chi connectivity index (χ4n) is 2.41. The van der Waals surface area contributed by atoms with E-state index in [0.717, 1.165) is 24.3 Å². The van der Waals surface area contributed by atoms with Crippen molar-refractivity contribution in [3.8, 4) is 0 Å². The van der Waals surface area contributed by atoms with Crippen LogP contribution >= 0.6 is 0 Å². The van der Waals surface area contributed by atoms with Gasteiger partial charge in [0.1, 0.15) is 0 Å². The number of rotatable bonds is 4. The fraction of sp³-hybridized carbons (Fsp3) is 0.467. The van der Waals surface area contributed by atoms with Crippen molar-refractivity contribution >= 4 is 23.4 Å². The molecule has 114 valence electrons. The van der Waals surface area contributed by atoms with Gasteiger partial charge in [0, 0.05) is 38.6 Å². The maximum atomic E-state index is 12.1. The number of hydrogen-bond donors (Lipinski definition) is 2. The molecule has 2 rings (SSSR count). The van der Waals surface area contributed by atoms with E-state index in [1.165, 1.54) is 10.5 Å². The molecule has 2 N–H and O–H groups in total. The Bertz CT molecular complexity index is 559. The molecule has 21 heavy (non-hydrogen) atoms. The first-order chi connectivity index (χ1) is 9.88. The molecule has 6 heteroatoms. The van der Waals surface area contributed by atoms with Gasteiger partial charge in [-0.3, -0.25) is 4.79 Å². The Morgan fingerprint density at radius 3 is 2.86 bits per heavy atom. The minimum atomic E-state index is -0.909. The van der Waals surface area contributed by atoms with E-state index in [0.29, 0.717) is 0 Å². The van der Waals surface area contributed by atoms with Gasteiger partial charge >= 0.3 is 12.0 Å². The average Bonchev–Trinajstić information content (AvgIpc) is 2.80. The molecule has 1 heterocycles.